The molecule has 2 fully saturated rings. The Bertz CT molecular complexity index is 460. The quantitative estimate of drug-likeness (QED) is 0.917. The monoisotopic (exact) mass is 277 g/mol. The molecule has 1 aliphatic carbocycles. The zero-order valence-electron chi connectivity index (χ0n) is 12.0. The molecule has 1 aromatic rings. The molecule has 0 bridgehead atoms. The van der Waals surface area contributed by atoms with Gasteiger partial charge < -0.3 is 15.1 Å². The molecular formula is C15H23N3O2. The fraction of sp³-hybridized carbons (Fsp3) is 0.667. The molecule has 0 aromatic carbocycles. The van der Waals surface area contributed by atoms with Crippen molar-refractivity contribution < 1.29 is 9.21 Å². The van der Waals surface area contributed by atoms with Crippen molar-refractivity contribution in [1.82, 2.24) is 9.80 Å². The van der Waals surface area contributed by atoms with E-state index in [1.807, 2.05) is 17.0 Å². The molecule has 3 atom stereocenters. The lowest BCUT2D eigenvalue weighted by Gasteiger charge is -2.38. The van der Waals surface area contributed by atoms with Crippen LogP contribution in [0.25, 0.3) is 0 Å². The second-order valence-corrected chi connectivity index (χ2v) is 6.16. The zero-order valence-corrected chi connectivity index (χ0v) is 12.0. The first-order valence-corrected chi connectivity index (χ1v) is 7.42. The number of furan rings is 1. The fourth-order valence-corrected chi connectivity index (χ4v) is 3.93. The van der Waals surface area contributed by atoms with Gasteiger partial charge in [-0.3, -0.25) is 4.90 Å². The lowest BCUT2D eigenvalue weighted by molar-refractivity contribution is 0.0994. The molecular weight excluding hydrogens is 254 g/mol. The van der Waals surface area contributed by atoms with Crippen LogP contribution in [0.15, 0.2) is 22.8 Å². The van der Waals surface area contributed by atoms with Crippen molar-refractivity contribution in [2.75, 3.05) is 20.1 Å². The van der Waals surface area contributed by atoms with Crippen LogP contribution in [-0.4, -0.2) is 42.0 Å². The molecule has 5 nitrogen and oxygen atoms in total. The summed E-state index contributed by atoms with van der Waals surface area (Å²) in [5.41, 5.74) is 5.44. The van der Waals surface area contributed by atoms with E-state index >= 15 is 0 Å². The normalized spacial score (nSPS) is 29.7. The SMILES string of the molecule is CN(Cc1ccco1)C1CCC[C@@H]2CN(C(N)=O)C[C@H]12. The zero-order chi connectivity index (χ0) is 14.1. The van der Waals surface area contributed by atoms with E-state index in [2.05, 4.69) is 11.9 Å². The van der Waals surface area contributed by atoms with Gasteiger partial charge in [0.15, 0.2) is 0 Å². The lowest BCUT2D eigenvalue weighted by atomic mass is 9.77. The standard InChI is InChI=1S/C15H23N3O2/c1-17(9-12-5-3-7-20-12)14-6-2-4-11-8-18(15(16)19)10-13(11)14/h3,5,7,11,13-14H,2,4,6,8-10H2,1H3,(H2,16,19)/t11-,13+,14?/m1/s1. The second-order valence-electron chi connectivity index (χ2n) is 6.16. The molecule has 2 aliphatic rings. The first-order valence-electron chi connectivity index (χ1n) is 7.42. The maximum atomic E-state index is 11.4. The van der Waals surface area contributed by atoms with Crippen molar-refractivity contribution in [3.63, 3.8) is 0 Å². The average Bonchev–Trinajstić information content (AvgIpc) is 3.05. The summed E-state index contributed by atoms with van der Waals surface area (Å²) in [5.74, 6) is 2.16. The number of hydrogen-bond acceptors (Lipinski definition) is 3. The highest BCUT2D eigenvalue weighted by Crippen LogP contribution is 2.38. The van der Waals surface area contributed by atoms with Crippen LogP contribution in [-0.2, 0) is 6.54 Å². The summed E-state index contributed by atoms with van der Waals surface area (Å²) >= 11 is 0. The maximum absolute atomic E-state index is 11.4. The van der Waals surface area contributed by atoms with Gasteiger partial charge in [0, 0.05) is 19.1 Å². The molecule has 20 heavy (non-hydrogen) atoms. The molecule has 5 heteroatoms. The van der Waals surface area contributed by atoms with Gasteiger partial charge in [-0.05, 0) is 43.9 Å². The van der Waals surface area contributed by atoms with E-state index in [9.17, 15) is 4.79 Å². The van der Waals surface area contributed by atoms with Gasteiger partial charge in [0.05, 0.1) is 12.8 Å². The van der Waals surface area contributed by atoms with E-state index in [0.29, 0.717) is 17.9 Å². The van der Waals surface area contributed by atoms with Crippen LogP contribution in [0.5, 0.6) is 0 Å². The Morgan fingerprint density at radius 3 is 3.05 bits per heavy atom. The number of likely N-dealkylation sites (tertiary alicyclic amines) is 1. The molecule has 110 valence electrons. The summed E-state index contributed by atoms with van der Waals surface area (Å²) in [7, 11) is 2.16. The largest absolute Gasteiger partial charge is 0.468 e. The van der Waals surface area contributed by atoms with Crippen LogP contribution >= 0.6 is 0 Å². The minimum Gasteiger partial charge on any atom is -0.468 e. The van der Waals surface area contributed by atoms with Gasteiger partial charge in [0.25, 0.3) is 0 Å². The number of nitrogens with two attached hydrogens (primary N) is 1. The number of carbonyl (C=O) groups is 1. The number of fused-ring (bicyclic) bond motifs is 1. The smallest absolute Gasteiger partial charge is 0.314 e. The number of primary amides is 1. The van der Waals surface area contributed by atoms with Crippen molar-refractivity contribution in [2.24, 2.45) is 17.6 Å². The van der Waals surface area contributed by atoms with Crippen molar-refractivity contribution in [3.8, 4) is 0 Å². The van der Waals surface area contributed by atoms with Crippen LogP contribution in [0.3, 0.4) is 0 Å². The van der Waals surface area contributed by atoms with Crippen molar-refractivity contribution in [2.45, 2.75) is 31.8 Å². The summed E-state index contributed by atoms with van der Waals surface area (Å²) in [5, 5.41) is 0. The minimum absolute atomic E-state index is 0.271. The van der Waals surface area contributed by atoms with E-state index < -0.39 is 0 Å². The van der Waals surface area contributed by atoms with E-state index in [-0.39, 0.29) is 6.03 Å². The average molecular weight is 277 g/mol. The molecule has 1 aromatic heterocycles. The van der Waals surface area contributed by atoms with E-state index in [4.69, 9.17) is 10.2 Å². The maximum Gasteiger partial charge on any atom is 0.314 e. The van der Waals surface area contributed by atoms with Crippen LogP contribution in [0.4, 0.5) is 4.79 Å². The highest BCUT2D eigenvalue weighted by molar-refractivity contribution is 5.72. The summed E-state index contributed by atoms with van der Waals surface area (Å²) in [6, 6.07) is 4.19. The summed E-state index contributed by atoms with van der Waals surface area (Å²) in [6.07, 6.45) is 5.38. The number of hydrogen-bond donors (Lipinski definition) is 1. The Balaban J connectivity index is 1.68. The van der Waals surface area contributed by atoms with E-state index in [1.54, 1.807) is 6.26 Å². The first kappa shape index (κ1) is 13.5. The van der Waals surface area contributed by atoms with Crippen molar-refractivity contribution in [1.29, 1.82) is 0 Å². The van der Waals surface area contributed by atoms with Gasteiger partial charge in [-0.2, -0.15) is 0 Å². The molecule has 3 rings (SSSR count). The van der Waals surface area contributed by atoms with Crippen LogP contribution < -0.4 is 5.73 Å². The van der Waals surface area contributed by atoms with Gasteiger partial charge in [-0.15, -0.1) is 0 Å². The van der Waals surface area contributed by atoms with Gasteiger partial charge in [-0.25, -0.2) is 4.79 Å². The number of carbonyl (C=O) groups excluding carboxylic acids is 1. The second kappa shape index (κ2) is 5.48. The molecule has 1 aliphatic heterocycles. The lowest BCUT2D eigenvalue weighted by Crippen LogP contribution is -2.43. The first-order chi connectivity index (χ1) is 9.65. The number of amides is 2. The molecule has 0 spiro atoms. The Hall–Kier alpha value is -1.49. The number of nitrogens with zero attached hydrogens (tertiary/aromatic N) is 2. The van der Waals surface area contributed by atoms with Crippen LogP contribution in [0.2, 0.25) is 0 Å². The summed E-state index contributed by atoms with van der Waals surface area (Å²) < 4.78 is 5.44. The predicted molar refractivity (Wildman–Crippen MR) is 76.0 cm³/mol. The topological polar surface area (TPSA) is 62.7 Å². The third-order valence-corrected chi connectivity index (χ3v) is 4.92. The molecule has 1 saturated carbocycles. The Labute approximate surface area is 119 Å². The highest BCUT2D eigenvalue weighted by Gasteiger charge is 2.42. The molecule has 2 N–H and O–H groups in total. The Morgan fingerprint density at radius 2 is 2.35 bits per heavy atom. The molecule has 1 unspecified atom stereocenters. The van der Waals surface area contributed by atoms with Gasteiger partial charge >= 0.3 is 6.03 Å². The minimum atomic E-state index is -0.271. The van der Waals surface area contributed by atoms with Gasteiger partial charge in [0.2, 0.25) is 0 Å². The fourth-order valence-electron chi connectivity index (χ4n) is 3.93. The van der Waals surface area contributed by atoms with E-state index in [0.717, 1.165) is 25.4 Å². The Morgan fingerprint density at radius 1 is 1.50 bits per heavy atom. The molecule has 0 radical (unpaired) electrons. The highest BCUT2D eigenvalue weighted by atomic mass is 16.3. The van der Waals surface area contributed by atoms with Crippen LogP contribution in [0, 0.1) is 11.8 Å². The number of urea groups is 1. The molecule has 2 amide bonds. The summed E-state index contributed by atoms with van der Waals surface area (Å²) in [4.78, 5) is 15.6. The van der Waals surface area contributed by atoms with Gasteiger partial charge in [-0.1, -0.05) is 6.42 Å². The van der Waals surface area contributed by atoms with Crippen molar-refractivity contribution >= 4 is 6.03 Å². The third-order valence-electron chi connectivity index (χ3n) is 4.92. The predicted octanol–water partition coefficient (Wildman–Crippen LogP) is 1.89. The van der Waals surface area contributed by atoms with Crippen molar-refractivity contribution in [3.05, 3.63) is 24.2 Å². The Kier molecular flexibility index (Phi) is 3.70. The molecule has 1 saturated heterocycles. The van der Waals surface area contributed by atoms with E-state index in [1.165, 1.54) is 19.3 Å². The number of rotatable bonds is 3. The van der Waals surface area contributed by atoms with Gasteiger partial charge in [0.1, 0.15) is 5.76 Å². The summed E-state index contributed by atoms with van der Waals surface area (Å²) in [6.45, 7) is 2.48. The van der Waals surface area contributed by atoms with Crippen LogP contribution in [0.1, 0.15) is 25.0 Å². The molecule has 2 heterocycles. The third kappa shape index (κ3) is 2.54.